The molecule has 6 nitrogen and oxygen atoms in total. The lowest BCUT2D eigenvalue weighted by molar-refractivity contribution is -0.136. The number of amides is 2. The molecule has 9 heteroatoms. The lowest BCUT2D eigenvalue weighted by atomic mass is 10.0. The van der Waals surface area contributed by atoms with Crippen LogP contribution in [0.4, 0.5) is 29.3 Å². The summed E-state index contributed by atoms with van der Waals surface area (Å²) in [4.78, 5) is 12.0. The number of benzene rings is 1. The highest BCUT2D eigenvalue weighted by Gasteiger charge is 2.33. The van der Waals surface area contributed by atoms with E-state index in [1.165, 1.54) is 24.4 Å². The number of nitrogens with zero attached hydrogens (tertiary/aromatic N) is 2. The fourth-order valence-corrected chi connectivity index (χ4v) is 2.85. The van der Waals surface area contributed by atoms with Crippen molar-refractivity contribution in [1.82, 2.24) is 9.78 Å². The molecule has 1 aromatic heterocycles. The van der Waals surface area contributed by atoms with Crippen LogP contribution in [-0.2, 0) is 17.5 Å². The molecule has 0 unspecified atom stereocenters. The minimum absolute atomic E-state index is 0.299. The normalized spacial score (nSPS) is 15.7. The second kappa shape index (κ2) is 7.77. The van der Waals surface area contributed by atoms with E-state index in [0.717, 1.165) is 32.1 Å². The third-order valence-corrected chi connectivity index (χ3v) is 4.16. The highest BCUT2D eigenvalue weighted by molar-refractivity contribution is 6.00. The zero-order valence-corrected chi connectivity index (χ0v) is 13.9. The highest BCUT2D eigenvalue weighted by Crippen LogP contribution is 2.34. The minimum atomic E-state index is -4.54. The second-order valence-corrected chi connectivity index (χ2v) is 6.13. The van der Waals surface area contributed by atoms with Crippen LogP contribution >= 0.6 is 0 Å². The summed E-state index contributed by atoms with van der Waals surface area (Å²) in [6.07, 6.45) is 0.492. The standard InChI is InChI=1S/C17H19F3N4O2/c18-17(19,20)14-3-1-2-4-15(14)23-16(25)22-13-9-21-24(11-13)10-12-5-7-26-8-6-12/h1-4,9,11-12H,5-8,10H2,(H2,22,23,25). The first-order valence-electron chi connectivity index (χ1n) is 8.26. The smallest absolute Gasteiger partial charge is 0.381 e. The van der Waals surface area contributed by atoms with E-state index in [-0.39, 0.29) is 5.69 Å². The Hall–Kier alpha value is -2.55. The van der Waals surface area contributed by atoms with Crippen LogP contribution < -0.4 is 10.6 Å². The molecule has 1 saturated heterocycles. The fourth-order valence-electron chi connectivity index (χ4n) is 2.85. The van der Waals surface area contributed by atoms with E-state index < -0.39 is 17.8 Å². The Labute approximate surface area is 148 Å². The predicted molar refractivity (Wildman–Crippen MR) is 89.9 cm³/mol. The van der Waals surface area contributed by atoms with E-state index in [0.29, 0.717) is 18.2 Å². The summed E-state index contributed by atoms with van der Waals surface area (Å²) in [6, 6.07) is 4.06. The number of aromatic nitrogens is 2. The molecule has 1 aliphatic rings. The SMILES string of the molecule is O=C(Nc1cnn(CC2CCOCC2)c1)Nc1ccccc1C(F)(F)F. The van der Waals surface area contributed by atoms with Crippen molar-refractivity contribution in [3.05, 3.63) is 42.2 Å². The first kappa shape index (κ1) is 18.2. The summed E-state index contributed by atoms with van der Waals surface area (Å²) < 4.78 is 45.9. The summed E-state index contributed by atoms with van der Waals surface area (Å²) in [7, 11) is 0. The van der Waals surface area contributed by atoms with Crippen molar-refractivity contribution in [3.8, 4) is 0 Å². The Morgan fingerprint density at radius 2 is 1.96 bits per heavy atom. The van der Waals surface area contributed by atoms with Crippen molar-refractivity contribution < 1.29 is 22.7 Å². The number of halogens is 3. The van der Waals surface area contributed by atoms with Gasteiger partial charge in [-0.1, -0.05) is 12.1 Å². The molecule has 1 fully saturated rings. The van der Waals surface area contributed by atoms with Gasteiger partial charge in [-0.3, -0.25) is 4.68 Å². The lowest BCUT2D eigenvalue weighted by Gasteiger charge is -2.21. The predicted octanol–water partition coefficient (Wildman–Crippen LogP) is 3.97. The molecule has 2 heterocycles. The van der Waals surface area contributed by atoms with Crippen molar-refractivity contribution in [2.24, 2.45) is 5.92 Å². The van der Waals surface area contributed by atoms with Crippen LogP contribution in [0, 0.1) is 5.92 Å². The fraction of sp³-hybridized carbons (Fsp3) is 0.412. The van der Waals surface area contributed by atoms with Gasteiger partial charge in [-0.05, 0) is 30.9 Å². The first-order chi connectivity index (χ1) is 12.4. The molecular weight excluding hydrogens is 349 g/mol. The van der Waals surface area contributed by atoms with Gasteiger partial charge in [0.05, 0.1) is 23.1 Å². The Morgan fingerprint density at radius 1 is 1.23 bits per heavy atom. The molecule has 140 valence electrons. The molecule has 2 N–H and O–H groups in total. The molecule has 0 saturated carbocycles. The maximum Gasteiger partial charge on any atom is 0.418 e. The van der Waals surface area contributed by atoms with Crippen molar-refractivity contribution in [2.45, 2.75) is 25.6 Å². The van der Waals surface area contributed by atoms with Crippen LogP contribution in [0.5, 0.6) is 0 Å². The van der Waals surface area contributed by atoms with Crippen molar-refractivity contribution in [3.63, 3.8) is 0 Å². The van der Waals surface area contributed by atoms with Crippen molar-refractivity contribution in [2.75, 3.05) is 23.8 Å². The molecule has 1 aromatic carbocycles. The van der Waals surface area contributed by atoms with E-state index in [1.807, 2.05) is 0 Å². The number of carbonyl (C=O) groups is 1. The van der Waals surface area contributed by atoms with Crippen LogP contribution in [0.1, 0.15) is 18.4 Å². The summed E-state index contributed by atoms with van der Waals surface area (Å²) >= 11 is 0. The number of carbonyl (C=O) groups excluding carboxylic acids is 1. The number of rotatable bonds is 4. The highest BCUT2D eigenvalue weighted by atomic mass is 19.4. The van der Waals surface area contributed by atoms with Gasteiger partial charge in [-0.15, -0.1) is 0 Å². The Morgan fingerprint density at radius 3 is 2.69 bits per heavy atom. The van der Waals surface area contributed by atoms with E-state index in [9.17, 15) is 18.0 Å². The van der Waals surface area contributed by atoms with Gasteiger partial charge in [0, 0.05) is 26.0 Å². The van der Waals surface area contributed by atoms with Gasteiger partial charge in [0.2, 0.25) is 0 Å². The van der Waals surface area contributed by atoms with E-state index in [2.05, 4.69) is 15.7 Å². The summed E-state index contributed by atoms with van der Waals surface area (Å²) in [5, 5.41) is 8.91. The maximum absolute atomic E-state index is 13.0. The summed E-state index contributed by atoms with van der Waals surface area (Å²) in [5.41, 5.74) is -0.781. The van der Waals surface area contributed by atoms with Gasteiger partial charge in [0.1, 0.15) is 0 Å². The van der Waals surface area contributed by atoms with Gasteiger partial charge < -0.3 is 15.4 Å². The van der Waals surface area contributed by atoms with Crippen LogP contribution in [0.25, 0.3) is 0 Å². The number of hydrogen-bond donors (Lipinski definition) is 2. The lowest BCUT2D eigenvalue weighted by Crippen LogP contribution is -2.22. The number of para-hydroxylation sites is 1. The topological polar surface area (TPSA) is 68.2 Å². The number of nitrogens with one attached hydrogen (secondary N) is 2. The number of urea groups is 1. The quantitative estimate of drug-likeness (QED) is 0.858. The Kier molecular flexibility index (Phi) is 5.46. The van der Waals surface area contributed by atoms with E-state index in [1.54, 1.807) is 10.9 Å². The average Bonchev–Trinajstić information content (AvgIpc) is 3.02. The molecule has 0 aliphatic carbocycles. The van der Waals surface area contributed by atoms with Gasteiger partial charge in [0.15, 0.2) is 0 Å². The van der Waals surface area contributed by atoms with Gasteiger partial charge >= 0.3 is 12.2 Å². The van der Waals surface area contributed by atoms with Crippen molar-refractivity contribution in [1.29, 1.82) is 0 Å². The summed E-state index contributed by atoms with van der Waals surface area (Å²) in [6.45, 7) is 2.18. The van der Waals surface area contributed by atoms with E-state index in [4.69, 9.17) is 4.74 Å². The minimum Gasteiger partial charge on any atom is -0.381 e. The molecule has 3 rings (SSSR count). The van der Waals surface area contributed by atoms with Crippen LogP contribution in [0.15, 0.2) is 36.7 Å². The molecule has 2 amide bonds. The molecular formula is C17H19F3N4O2. The van der Waals surface area contributed by atoms with Crippen molar-refractivity contribution >= 4 is 17.4 Å². The zero-order chi connectivity index (χ0) is 18.6. The van der Waals surface area contributed by atoms with Crippen LogP contribution in [0.3, 0.4) is 0 Å². The zero-order valence-electron chi connectivity index (χ0n) is 13.9. The number of alkyl halides is 3. The maximum atomic E-state index is 13.0. The number of anilines is 2. The molecule has 0 spiro atoms. The monoisotopic (exact) mass is 368 g/mol. The third kappa shape index (κ3) is 4.75. The average molecular weight is 368 g/mol. The molecule has 2 aromatic rings. The third-order valence-electron chi connectivity index (χ3n) is 4.16. The molecule has 0 radical (unpaired) electrons. The Balaban J connectivity index is 1.59. The van der Waals surface area contributed by atoms with Crippen LogP contribution in [0.2, 0.25) is 0 Å². The first-order valence-corrected chi connectivity index (χ1v) is 8.26. The number of ether oxygens (including phenoxy) is 1. The van der Waals surface area contributed by atoms with E-state index >= 15 is 0 Å². The van der Waals surface area contributed by atoms with Gasteiger partial charge in [0.25, 0.3) is 0 Å². The largest absolute Gasteiger partial charge is 0.418 e. The molecule has 0 atom stereocenters. The molecule has 0 bridgehead atoms. The van der Waals surface area contributed by atoms with Gasteiger partial charge in [-0.2, -0.15) is 18.3 Å². The molecule has 1 aliphatic heterocycles. The summed E-state index contributed by atoms with van der Waals surface area (Å²) in [5.74, 6) is 0.462. The number of hydrogen-bond acceptors (Lipinski definition) is 3. The second-order valence-electron chi connectivity index (χ2n) is 6.13. The van der Waals surface area contributed by atoms with Crippen LogP contribution in [-0.4, -0.2) is 29.0 Å². The van der Waals surface area contributed by atoms with Gasteiger partial charge in [-0.25, -0.2) is 4.79 Å². The molecule has 26 heavy (non-hydrogen) atoms. The Bertz CT molecular complexity index is 754.